The molecule has 0 unspecified atom stereocenters. The van der Waals surface area contributed by atoms with Gasteiger partial charge in [0.1, 0.15) is 0 Å². The maximum atomic E-state index is 11.3. The van der Waals surface area contributed by atoms with Crippen LogP contribution in [-0.4, -0.2) is 32.6 Å². The van der Waals surface area contributed by atoms with Crippen molar-refractivity contribution in [3.05, 3.63) is 0 Å². The summed E-state index contributed by atoms with van der Waals surface area (Å²) in [7, 11) is -3.34. The highest BCUT2D eigenvalue weighted by atomic mass is 32.2. The zero-order valence-electron chi connectivity index (χ0n) is 10.2. The summed E-state index contributed by atoms with van der Waals surface area (Å²) in [6, 6.07) is 0. The van der Waals surface area contributed by atoms with Gasteiger partial charge in [0.2, 0.25) is 0 Å². The third-order valence-electron chi connectivity index (χ3n) is 2.15. The number of carbonyl (C=O) groups is 1. The molecule has 7 heteroatoms. The van der Waals surface area contributed by atoms with E-state index in [4.69, 9.17) is 5.11 Å². The molecule has 0 aliphatic rings. The topological polar surface area (TPSA) is 95.5 Å². The number of aliphatic carboxylic acids is 1. The smallest absolute Gasteiger partial charge is 0.303 e. The predicted octanol–water partition coefficient (Wildman–Crippen LogP) is 0.855. The average Bonchev–Trinajstić information content (AvgIpc) is 2.24. The first-order chi connectivity index (χ1) is 7.98. The second kappa shape index (κ2) is 9.38. The summed E-state index contributed by atoms with van der Waals surface area (Å²) >= 11 is 0. The first-order valence-electron chi connectivity index (χ1n) is 5.94. The van der Waals surface area contributed by atoms with E-state index >= 15 is 0 Å². The van der Waals surface area contributed by atoms with Crippen LogP contribution in [0.1, 0.15) is 45.4 Å². The minimum absolute atomic E-state index is 0.184. The summed E-state index contributed by atoms with van der Waals surface area (Å²) < 4.78 is 27.4. The Balaban J connectivity index is 3.41. The van der Waals surface area contributed by atoms with Crippen LogP contribution in [0.25, 0.3) is 0 Å². The third-order valence-corrected chi connectivity index (χ3v) is 3.32. The Morgan fingerprint density at radius 3 is 2.24 bits per heavy atom. The molecular weight excluding hydrogens is 244 g/mol. The summed E-state index contributed by atoms with van der Waals surface area (Å²) in [4.78, 5) is 10.2. The van der Waals surface area contributed by atoms with Gasteiger partial charge in [-0.05, 0) is 19.3 Å². The van der Waals surface area contributed by atoms with Crippen LogP contribution < -0.4 is 9.44 Å². The van der Waals surface area contributed by atoms with Crippen molar-refractivity contribution in [1.82, 2.24) is 9.44 Å². The van der Waals surface area contributed by atoms with Crippen molar-refractivity contribution in [3.8, 4) is 0 Å². The van der Waals surface area contributed by atoms with Gasteiger partial charge in [-0.15, -0.1) is 0 Å². The third kappa shape index (κ3) is 11.6. The summed E-state index contributed by atoms with van der Waals surface area (Å²) in [5, 5.41) is 8.41. The molecule has 17 heavy (non-hydrogen) atoms. The molecule has 6 nitrogen and oxygen atoms in total. The lowest BCUT2D eigenvalue weighted by atomic mass is 10.1. The highest BCUT2D eigenvalue weighted by Gasteiger charge is 2.06. The number of rotatable bonds is 11. The van der Waals surface area contributed by atoms with Crippen LogP contribution in [-0.2, 0) is 15.0 Å². The van der Waals surface area contributed by atoms with E-state index in [1.54, 1.807) is 0 Å². The number of unbranched alkanes of at least 4 members (excludes halogenated alkanes) is 3. The lowest BCUT2D eigenvalue weighted by molar-refractivity contribution is -0.137. The van der Waals surface area contributed by atoms with Gasteiger partial charge in [0.15, 0.2) is 0 Å². The number of nitrogens with one attached hydrogen (secondary N) is 2. The lowest BCUT2D eigenvalue weighted by Gasteiger charge is -2.06. The van der Waals surface area contributed by atoms with Crippen LogP contribution in [0.15, 0.2) is 0 Å². The van der Waals surface area contributed by atoms with Gasteiger partial charge in [-0.1, -0.05) is 19.8 Å². The van der Waals surface area contributed by atoms with E-state index < -0.39 is 16.2 Å². The fourth-order valence-electron chi connectivity index (χ4n) is 1.25. The molecule has 3 N–H and O–H groups in total. The van der Waals surface area contributed by atoms with Crippen LogP contribution in [0.4, 0.5) is 0 Å². The van der Waals surface area contributed by atoms with Gasteiger partial charge in [0.05, 0.1) is 0 Å². The van der Waals surface area contributed by atoms with Crippen molar-refractivity contribution >= 4 is 16.2 Å². The van der Waals surface area contributed by atoms with Crippen molar-refractivity contribution in [3.63, 3.8) is 0 Å². The summed E-state index contributed by atoms with van der Waals surface area (Å²) in [6.45, 7) is 2.73. The van der Waals surface area contributed by atoms with Crippen LogP contribution in [0.2, 0.25) is 0 Å². The molecule has 0 saturated heterocycles. The second-order valence-corrected chi connectivity index (χ2v) is 5.43. The standard InChI is InChI=1S/C10H22N2O4S/c1-2-8-11-17(15,16)12-9-6-4-3-5-7-10(13)14/h11-12H,2-9H2,1H3,(H,13,14). The van der Waals surface area contributed by atoms with Crippen LogP contribution >= 0.6 is 0 Å². The minimum atomic E-state index is -3.34. The predicted molar refractivity (Wildman–Crippen MR) is 65.9 cm³/mol. The molecule has 0 amide bonds. The SMILES string of the molecule is CCCNS(=O)(=O)NCCCCCCC(=O)O. The summed E-state index contributed by atoms with van der Waals surface area (Å²) in [6.07, 6.45) is 3.97. The molecule has 0 spiro atoms. The molecule has 0 saturated carbocycles. The normalized spacial score (nSPS) is 11.6. The van der Waals surface area contributed by atoms with E-state index in [1.165, 1.54) is 0 Å². The first-order valence-corrected chi connectivity index (χ1v) is 7.42. The Kier molecular flexibility index (Phi) is 9.01. The molecule has 0 bridgehead atoms. The fraction of sp³-hybridized carbons (Fsp3) is 0.900. The van der Waals surface area contributed by atoms with E-state index in [9.17, 15) is 13.2 Å². The molecular formula is C10H22N2O4S. The highest BCUT2D eigenvalue weighted by Crippen LogP contribution is 2.02. The molecule has 0 radical (unpaired) electrons. The first kappa shape index (κ1) is 16.3. The van der Waals surface area contributed by atoms with Gasteiger partial charge in [-0.2, -0.15) is 8.42 Å². The quantitative estimate of drug-likeness (QED) is 0.483. The van der Waals surface area contributed by atoms with Crippen molar-refractivity contribution in [1.29, 1.82) is 0 Å². The number of hydrogen-bond donors (Lipinski definition) is 3. The van der Waals surface area contributed by atoms with Gasteiger partial charge in [-0.25, -0.2) is 9.44 Å². The molecule has 0 atom stereocenters. The molecule has 0 aromatic rings. The number of carboxylic acids is 1. The maximum Gasteiger partial charge on any atom is 0.303 e. The maximum absolute atomic E-state index is 11.3. The Morgan fingerprint density at radius 1 is 1.06 bits per heavy atom. The van der Waals surface area contributed by atoms with E-state index in [1.807, 2.05) is 6.92 Å². The second-order valence-electron chi connectivity index (χ2n) is 3.85. The molecule has 0 aliphatic carbocycles. The fourth-order valence-corrected chi connectivity index (χ4v) is 2.24. The molecule has 0 aromatic heterocycles. The molecule has 0 fully saturated rings. The Bertz CT molecular complexity index is 303. The van der Waals surface area contributed by atoms with Gasteiger partial charge in [-0.3, -0.25) is 4.79 Å². The minimum Gasteiger partial charge on any atom is -0.481 e. The van der Waals surface area contributed by atoms with Gasteiger partial charge < -0.3 is 5.11 Å². The van der Waals surface area contributed by atoms with Gasteiger partial charge in [0.25, 0.3) is 10.2 Å². The average molecular weight is 266 g/mol. The van der Waals surface area contributed by atoms with Crippen LogP contribution in [0.5, 0.6) is 0 Å². The van der Waals surface area contributed by atoms with E-state index in [2.05, 4.69) is 9.44 Å². The van der Waals surface area contributed by atoms with E-state index in [0.29, 0.717) is 19.5 Å². The molecule has 0 heterocycles. The summed E-state index contributed by atoms with van der Waals surface area (Å²) in [5.41, 5.74) is 0. The highest BCUT2D eigenvalue weighted by molar-refractivity contribution is 7.87. The van der Waals surface area contributed by atoms with Crippen LogP contribution in [0.3, 0.4) is 0 Å². The van der Waals surface area contributed by atoms with Crippen molar-refractivity contribution in [2.75, 3.05) is 13.1 Å². The van der Waals surface area contributed by atoms with Crippen molar-refractivity contribution in [2.24, 2.45) is 0 Å². The van der Waals surface area contributed by atoms with Crippen molar-refractivity contribution in [2.45, 2.75) is 45.4 Å². The van der Waals surface area contributed by atoms with Crippen LogP contribution in [0, 0.1) is 0 Å². The molecule has 102 valence electrons. The largest absolute Gasteiger partial charge is 0.481 e. The molecule has 0 aliphatic heterocycles. The van der Waals surface area contributed by atoms with Crippen molar-refractivity contribution < 1.29 is 18.3 Å². The Labute approximate surface area is 103 Å². The van der Waals surface area contributed by atoms with E-state index in [0.717, 1.165) is 25.7 Å². The zero-order chi connectivity index (χ0) is 13.1. The molecule has 0 rings (SSSR count). The number of hydrogen-bond acceptors (Lipinski definition) is 3. The van der Waals surface area contributed by atoms with Gasteiger partial charge in [0, 0.05) is 19.5 Å². The zero-order valence-corrected chi connectivity index (χ0v) is 11.1. The molecule has 0 aromatic carbocycles. The monoisotopic (exact) mass is 266 g/mol. The summed E-state index contributed by atoms with van der Waals surface area (Å²) in [5.74, 6) is -0.783. The lowest BCUT2D eigenvalue weighted by Crippen LogP contribution is -2.37. The van der Waals surface area contributed by atoms with Gasteiger partial charge >= 0.3 is 5.97 Å². The van der Waals surface area contributed by atoms with E-state index in [-0.39, 0.29) is 6.42 Å². The Hall–Kier alpha value is -0.660. The Morgan fingerprint density at radius 2 is 1.65 bits per heavy atom. The number of carboxylic acid groups (broad SMARTS) is 1.